The summed E-state index contributed by atoms with van der Waals surface area (Å²) in [4.78, 5) is 11.5. The van der Waals surface area contributed by atoms with Gasteiger partial charge < -0.3 is 4.74 Å². The summed E-state index contributed by atoms with van der Waals surface area (Å²) in [5.74, 6) is -2.49. The largest absolute Gasteiger partial charge is 0.459 e. The van der Waals surface area contributed by atoms with E-state index in [1.165, 1.54) is 6.07 Å². The minimum Gasteiger partial charge on any atom is -0.459 e. The molecule has 4 heteroatoms. The molecule has 0 saturated carbocycles. The average molecular weight is 228 g/mol. The van der Waals surface area contributed by atoms with E-state index < -0.39 is 17.6 Å². The molecule has 1 aromatic rings. The predicted molar refractivity (Wildman–Crippen MR) is 56.1 cm³/mol. The van der Waals surface area contributed by atoms with Gasteiger partial charge in [-0.15, -0.1) is 0 Å². The molecule has 0 aliphatic rings. The molecule has 0 N–H and O–H groups in total. The molecule has 88 valence electrons. The zero-order valence-corrected chi connectivity index (χ0v) is 9.46. The summed E-state index contributed by atoms with van der Waals surface area (Å²) in [6.45, 7) is 5.56. The second kappa shape index (κ2) is 5.05. The molecule has 0 spiro atoms. The smallest absolute Gasteiger partial charge is 0.338 e. The normalized spacial score (nSPS) is 12.6. The van der Waals surface area contributed by atoms with Crippen molar-refractivity contribution in [3.8, 4) is 0 Å². The highest BCUT2D eigenvalue weighted by molar-refractivity contribution is 5.89. The molecule has 1 unspecified atom stereocenters. The summed E-state index contributed by atoms with van der Waals surface area (Å²) in [7, 11) is 0. The Hall–Kier alpha value is -1.45. The van der Waals surface area contributed by atoms with Gasteiger partial charge in [0.15, 0.2) is 11.6 Å². The van der Waals surface area contributed by atoms with E-state index in [4.69, 9.17) is 4.74 Å². The van der Waals surface area contributed by atoms with Gasteiger partial charge >= 0.3 is 5.97 Å². The van der Waals surface area contributed by atoms with E-state index in [1.54, 1.807) is 6.92 Å². The van der Waals surface area contributed by atoms with Crippen LogP contribution in [0.25, 0.3) is 0 Å². The number of ether oxygens (including phenoxy) is 1. The molecule has 0 bridgehead atoms. The summed E-state index contributed by atoms with van der Waals surface area (Å²) in [5.41, 5.74) is 0.0198. The van der Waals surface area contributed by atoms with Crippen molar-refractivity contribution in [3.05, 3.63) is 35.4 Å². The zero-order valence-electron chi connectivity index (χ0n) is 9.46. The number of carbonyl (C=O) groups is 1. The van der Waals surface area contributed by atoms with E-state index in [0.717, 1.165) is 12.1 Å². The maximum atomic E-state index is 12.9. The third-order valence-corrected chi connectivity index (χ3v) is 2.39. The first kappa shape index (κ1) is 12.6. The number of carbonyl (C=O) groups excluding carboxylic acids is 1. The molecule has 0 amide bonds. The number of hydrogen-bond acceptors (Lipinski definition) is 2. The Kier molecular flexibility index (Phi) is 3.99. The van der Waals surface area contributed by atoms with Crippen molar-refractivity contribution in [1.29, 1.82) is 0 Å². The summed E-state index contributed by atoms with van der Waals surface area (Å²) >= 11 is 0. The van der Waals surface area contributed by atoms with E-state index in [2.05, 4.69) is 0 Å². The Balaban J connectivity index is 2.77. The van der Waals surface area contributed by atoms with Crippen LogP contribution in [0.5, 0.6) is 0 Å². The van der Waals surface area contributed by atoms with Gasteiger partial charge in [0.25, 0.3) is 0 Å². The molecule has 0 radical (unpaired) electrons. The fourth-order valence-electron chi connectivity index (χ4n) is 0.996. The number of halogens is 2. The second-order valence-corrected chi connectivity index (χ2v) is 3.98. The Bertz CT molecular complexity index is 389. The number of esters is 1. The third-order valence-electron chi connectivity index (χ3n) is 2.39. The SMILES string of the molecule is CC(C)C(C)OC(=O)c1ccc(F)c(F)c1. The van der Waals surface area contributed by atoms with Gasteiger partial charge in [0, 0.05) is 0 Å². The van der Waals surface area contributed by atoms with Crippen LogP contribution in [-0.4, -0.2) is 12.1 Å². The van der Waals surface area contributed by atoms with Gasteiger partial charge in [0.05, 0.1) is 5.56 Å². The van der Waals surface area contributed by atoms with Crippen LogP contribution in [0.1, 0.15) is 31.1 Å². The van der Waals surface area contributed by atoms with Crippen LogP contribution in [0.4, 0.5) is 8.78 Å². The van der Waals surface area contributed by atoms with E-state index >= 15 is 0 Å². The number of rotatable bonds is 3. The van der Waals surface area contributed by atoms with E-state index in [-0.39, 0.29) is 17.6 Å². The summed E-state index contributed by atoms with van der Waals surface area (Å²) in [6, 6.07) is 2.95. The maximum absolute atomic E-state index is 12.9. The molecule has 1 aromatic carbocycles. The van der Waals surface area contributed by atoms with Gasteiger partial charge in [-0.2, -0.15) is 0 Å². The highest BCUT2D eigenvalue weighted by Crippen LogP contribution is 2.13. The maximum Gasteiger partial charge on any atom is 0.338 e. The molecule has 1 atom stereocenters. The average Bonchev–Trinajstić information content (AvgIpc) is 2.21. The minimum absolute atomic E-state index is 0.0198. The fraction of sp³-hybridized carbons (Fsp3) is 0.417. The Morgan fingerprint density at radius 2 is 1.81 bits per heavy atom. The molecule has 16 heavy (non-hydrogen) atoms. The molecule has 1 rings (SSSR count). The van der Waals surface area contributed by atoms with Crippen LogP contribution < -0.4 is 0 Å². The first-order chi connectivity index (χ1) is 7.41. The van der Waals surface area contributed by atoms with E-state index in [9.17, 15) is 13.6 Å². The third kappa shape index (κ3) is 3.02. The van der Waals surface area contributed by atoms with Crippen LogP contribution >= 0.6 is 0 Å². The van der Waals surface area contributed by atoms with E-state index in [1.807, 2.05) is 13.8 Å². The highest BCUT2D eigenvalue weighted by Gasteiger charge is 2.16. The van der Waals surface area contributed by atoms with Crippen molar-refractivity contribution in [1.82, 2.24) is 0 Å². The molecule has 0 aromatic heterocycles. The quantitative estimate of drug-likeness (QED) is 0.743. The van der Waals surface area contributed by atoms with Crippen LogP contribution in [-0.2, 0) is 4.74 Å². The Labute approximate surface area is 93.2 Å². The fourth-order valence-corrected chi connectivity index (χ4v) is 0.996. The van der Waals surface area contributed by atoms with Crippen LogP contribution in [0.15, 0.2) is 18.2 Å². The molecular weight excluding hydrogens is 214 g/mol. The van der Waals surface area contributed by atoms with Crippen molar-refractivity contribution in [2.75, 3.05) is 0 Å². The van der Waals surface area contributed by atoms with Gasteiger partial charge in [0.2, 0.25) is 0 Å². The predicted octanol–water partition coefficient (Wildman–Crippen LogP) is 3.17. The first-order valence-corrected chi connectivity index (χ1v) is 5.08. The molecule has 2 nitrogen and oxygen atoms in total. The van der Waals surface area contributed by atoms with Crippen LogP contribution in [0.3, 0.4) is 0 Å². The molecule has 0 aliphatic heterocycles. The molecular formula is C12H14F2O2. The van der Waals surface area contributed by atoms with Crippen molar-refractivity contribution in [2.45, 2.75) is 26.9 Å². The van der Waals surface area contributed by atoms with Gasteiger partial charge in [-0.3, -0.25) is 0 Å². The summed E-state index contributed by atoms with van der Waals surface area (Å²) in [5, 5.41) is 0. The van der Waals surface area contributed by atoms with Crippen LogP contribution in [0.2, 0.25) is 0 Å². The molecule has 0 aliphatic carbocycles. The standard InChI is InChI=1S/C12H14F2O2/c1-7(2)8(3)16-12(15)9-4-5-10(13)11(14)6-9/h4-8H,1-3H3. The lowest BCUT2D eigenvalue weighted by molar-refractivity contribution is 0.0237. The lowest BCUT2D eigenvalue weighted by atomic mass is 10.1. The minimum atomic E-state index is -1.05. The van der Waals surface area contributed by atoms with Crippen molar-refractivity contribution >= 4 is 5.97 Å². The van der Waals surface area contributed by atoms with Gasteiger partial charge in [-0.1, -0.05) is 13.8 Å². The number of benzene rings is 1. The van der Waals surface area contributed by atoms with Crippen molar-refractivity contribution in [2.24, 2.45) is 5.92 Å². The lowest BCUT2D eigenvalue weighted by Gasteiger charge is -2.16. The summed E-state index contributed by atoms with van der Waals surface area (Å²) in [6.07, 6.45) is -0.263. The Morgan fingerprint density at radius 1 is 1.19 bits per heavy atom. The van der Waals surface area contributed by atoms with Crippen molar-refractivity contribution < 1.29 is 18.3 Å². The molecule has 0 fully saturated rings. The van der Waals surface area contributed by atoms with Crippen LogP contribution in [0, 0.1) is 17.6 Å². The van der Waals surface area contributed by atoms with Crippen molar-refractivity contribution in [3.63, 3.8) is 0 Å². The summed E-state index contributed by atoms with van der Waals surface area (Å²) < 4.78 is 30.5. The van der Waals surface area contributed by atoms with Gasteiger partial charge in [-0.05, 0) is 31.0 Å². The molecule has 0 saturated heterocycles. The van der Waals surface area contributed by atoms with Gasteiger partial charge in [0.1, 0.15) is 6.10 Å². The lowest BCUT2D eigenvalue weighted by Crippen LogP contribution is -2.20. The van der Waals surface area contributed by atoms with E-state index in [0.29, 0.717) is 0 Å². The highest BCUT2D eigenvalue weighted by atomic mass is 19.2. The number of hydrogen-bond donors (Lipinski definition) is 0. The monoisotopic (exact) mass is 228 g/mol. The first-order valence-electron chi connectivity index (χ1n) is 5.08. The van der Waals surface area contributed by atoms with Gasteiger partial charge in [-0.25, -0.2) is 13.6 Å². The Morgan fingerprint density at radius 3 is 2.31 bits per heavy atom. The molecule has 0 heterocycles. The second-order valence-electron chi connectivity index (χ2n) is 3.98. The topological polar surface area (TPSA) is 26.3 Å². The zero-order chi connectivity index (χ0) is 12.3.